The van der Waals surface area contributed by atoms with Gasteiger partial charge >= 0.3 is 0 Å². The highest BCUT2D eigenvalue weighted by Gasteiger charge is 2.12. The van der Waals surface area contributed by atoms with Gasteiger partial charge in [-0.2, -0.15) is 0 Å². The number of carbonyl (C=O) groups excluding carboxylic acids is 1. The normalized spacial score (nSPS) is 13.1. The maximum Gasteiger partial charge on any atom is 0.131 e. The molecule has 0 saturated carbocycles. The Labute approximate surface area is 103 Å². The average molecular weight is 290 g/mol. The van der Waals surface area contributed by atoms with Crippen molar-refractivity contribution < 1.29 is 4.79 Å². The Bertz CT molecular complexity index is 337. The van der Waals surface area contributed by atoms with E-state index in [1.54, 1.807) is 18.3 Å². The highest BCUT2D eigenvalue weighted by Crippen LogP contribution is 2.21. The summed E-state index contributed by atoms with van der Waals surface area (Å²) in [7, 11) is 2.06. The smallest absolute Gasteiger partial charge is 0.131 e. The van der Waals surface area contributed by atoms with E-state index < -0.39 is 0 Å². The summed E-state index contributed by atoms with van der Waals surface area (Å²) in [5.74, 6) is 0.252. The topological polar surface area (TPSA) is 20.3 Å². The van der Waals surface area contributed by atoms with Crippen molar-refractivity contribution in [1.82, 2.24) is 4.90 Å². The van der Waals surface area contributed by atoms with Crippen LogP contribution in [0.15, 0.2) is 15.9 Å². The fraction of sp³-hybridized carbons (Fsp3) is 0.545. The third kappa shape index (κ3) is 4.45. The molecule has 1 unspecified atom stereocenters. The standard InChI is InChI=1S/C11H16BrNOS/c1-8(4-9(2)14)13(3)6-11-5-10(12)7-15-11/h5,7-8H,4,6H2,1-3H3. The van der Waals surface area contributed by atoms with Gasteiger partial charge in [0, 0.05) is 33.7 Å². The first-order valence-electron chi connectivity index (χ1n) is 4.91. The monoisotopic (exact) mass is 289 g/mol. The van der Waals surface area contributed by atoms with Gasteiger partial charge in [0.05, 0.1) is 0 Å². The highest BCUT2D eigenvalue weighted by molar-refractivity contribution is 9.10. The molecule has 0 N–H and O–H groups in total. The van der Waals surface area contributed by atoms with Crippen molar-refractivity contribution in [2.24, 2.45) is 0 Å². The van der Waals surface area contributed by atoms with Crippen LogP contribution in [0.4, 0.5) is 0 Å². The molecule has 0 radical (unpaired) electrons. The maximum atomic E-state index is 11.0. The van der Waals surface area contributed by atoms with Gasteiger partial charge in [0.2, 0.25) is 0 Å². The molecule has 1 aromatic rings. The van der Waals surface area contributed by atoms with E-state index >= 15 is 0 Å². The lowest BCUT2D eigenvalue weighted by atomic mass is 10.1. The van der Waals surface area contributed by atoms with Crippen LogP contribution in [0.5, 0.6) is 0 Å². The second kappa shape index (κ2) is 5.77. The predicted molar refractivity (Wildman–Crippen MR) is 68.2 cm³/mol. The van der Waals surface area contributed by atoms with Crippen LogP contribution in [0.3, 0.4) is 0 Å². The fourth-order valence-corrected chi connectivity index (χ4v) is 2.92. The molecule has 0 amide bonds. The number of rotatable bonds is 5. The first-order valence-corrected chi connectivity index (χ1v) is 6.59. The van der Waals surface area contributed by atoms with Gasteiger partial charge < -0.3 is 0 Å². The largest absolute Gasteiger partial charge is 0.300 e. The molecule has 2 nitrogen and oxygen atoms in total. The number of hydrogen-bond donors (Lipinski definition) is 0. The molecule has 0 bridgehead atoms. The zero-order valence-corrected chi connectivity index (χ0v) is 11.7. The van der Waals surface area contributed by atoms with E-state index in [1.807, 2.05) is 0 Å². The Morgan fingerprint density at radius 1 is 1.67 bits per heavy atom. The molecule has 0 aliphatic rings. The van der Waals surface area contributed by atoms with Gasteiger partial charge in [-0.15, -0.1) is 11.3 Å². The third-order valence-electron chi connectivity index (χ3n) is 2.36. The molecule has 15 heavy (non-hydrogen) atoms. The lowest BCUT2D eigenvalue weighted by Gasteiger charge is -2.22. The van der Waals surface area contributed by atoms with Gasteiger partial charge in [0.1, 0.15) is 5.78 Å². The number of thiophene rings is 1. The predicted octanol–water partition coefficient (Wildman–Crippen LogP) is 3.31. The first kappa shape index (κ1) is 12.9. The fourth-order valence-electron chi connectivity index (χ4n) is 1.41. The van der Waals surface area contributed by atoms with Crippen molar-refractivity contribution in [3.05, 3.63) is 20.8 Å². The van der Waals surface area contributed by atoms with Gasteiger partial charge in [0.15, 0.2) is 0 Å². The molecule has 0 aliphatic heterocycles. The van der Waals surface area contributed by atoms with Gasteiger partial charge in [-0.25, -0.2) is 0 Å². The lowest BCUT2D eigenvalue weighted by Crippen LogP contribution is -2.29. The first-order chi connectivity index (χ1) is 6.99. The highest BCUT2D eigenvalue weighted by atomic mass is 79.9. The Morgan fingerprint density at radius 3 is 2.80 bits per heavy atom. The van der Waals surface area contributed by atoms with E-state index in [2.05, 4.69) is 46.2 Å². The van der Waals surface area contributed by atoms with Gasteiger partial charge in [-0.1, -0.05) is 0 Å². The van der Waals surface area contributed by atoms with Crippen LogP contribution in [-0.2, 0) is 11.3 Å². The summed E-state index contributed by atoms with van der Waals surface area (Å²) in [6, 6.07) is 2.44. The Balaban J connectivity index is 2.47. The van der Waals surface area contributed by atoms with E-state index in [1.165, 1.54) is 4.88 Å². The van der Waals surface area contributed by atoms with Crippen LogP contribution >= 0.6 is 27.3 Å². The maximum absolute atomic E-state index is 11.0. The minimum absolute atomic E-state index is 0.252. The van der Waals surface area contributed by atoms with E-state index in [0.717, 1.165) is 11.0 Å². The Kier molecular flexibility index (Phi) is 4.96. The summed E-state index contributed by atoms with van der Waals surface area (Å²) in [6.45, 7) is 4.64. The Morgan fingerprint density at radius 2 is 2.33 bits per heavy atom. The van der Waals surface area contributed by atoms with Crippen LogP contribution < -0.4 is 0 Å². The molecular weight excluding hydrogens is 274 g/mol. The molecule has 1 aromatic heterocycles. The molecule has 0 spiro atoms. The van der Waals surface area contributed by atoms with Crippen LogP contribution in [0.1, 0.15) is 25.1 Å². The van der Waals surface area contributed by atoms with Crippen molar-refractivity contribution in [1.29, 1.82) is 0 Å². The molecule has 0 fully saturated rings. The van der Waals surface area contributed by atoms with Crippen LogP contribution in [0, 0.1) is 0 Å². The Hall–Kier alpha value is -0.190. The average Bonchev–Trinajstić information content (AvgIpc) is 2.50. The number of nitrogens with zero attached hydrogens (tertiary/aromatic N) is 1. The number of Topliss-reactive ketones (excluding diaryl/α,β-unsaturated/α-hetero) is 1. The number of carbonyl (C=O) groups is 1. The SMILES string of the molecule is CC(=O)CC(C)N(C)Cc1cc(Br)cs1. The zero-order valence-electron chi connectivity index (χ0n) is 9.29. The lowest BCUT2D eigenvalue weighted by molar-refractivity contribution is -0.118. The molecule has 1 heterocycles. The van der Waals surface area contributed by atoms with Gasteiger partial charge in [0.25, 0.3) is 0 Å². The molecule has 84 valence electrons. The molecule has 1 rings (SSSR count). The summed E-state index contributed by atoms with van der Waals surface area (Å²) in [6.07, 6.45) is 0.628. The van der Waals surface area contributed by atoms with Crippen molar-refractivity contribution in [2.45, 2.75) is 32.9 Å². The summed E-state index contributed by atoms with van der Waals surface area (Å²) >= 11 is 5.18. The molecule has 0 aromatic carbocycles. The van der Waals surface area contributed by atoms with E-state index in [9.17, 15) is 4.79 Å². The minimum Gasteiger partial charge on any atom is -0.300 e. The summed E-state index contributed by atoms with van der Waals surface area (Å²) in [5.41, 5.74) is 0. The summed E-state index contributed by atoms with van der Waals surface area (Å²) in [4.78, 5) is 14.5. The van der Waals surface area contributed by atoms with Crippen LogP contribution in [0.25, 0.3) is 0 Å². The summed E-state index contributed by atoms with van der Waals surface area (Å²) in [5, 5.41) is 2.08. The second-order valence-electron chi connectivity index (χ2n) is 3.90. The molecule has 0 saturated heterocycles. The van der Waals surface area contributed by atoms with Crippen LogP contribution in [0.2, 0.25) is 0 Å². The number of ketones is 1. The van der Waals surface area contributed by atoms with Gasteiger partial charge in [-0.05, 0) is 42.9 Å². The minimum atomic E-state index is 0.252. The van der Waals surface area contributed by atoms with E-state index in [-0.39, 0.29) is 5.78 Å². The van der Waals surface area contributed by atoms with Crippen molar-refractivity contribution in [3.63, 3.8) is 0 Å². The van der Waals surface area contributed by atoms with Crippen molar-refractivity contribution in [2.75, 3.05) is 7.05 Å². The quantitative estimate of drug-likeness (QED) is 0.829. The van der Waals surface area contributed by atoms with E-state index in [4.69, 9.17) is 0 Å². The number of hydrogen-bond acceptors (Lipinski definition) is 3. The molecule has 4 heteroatoms. The van der Waals surface area contributed by atoms with E-state index in [0.29, 0.717) is 12.5 Å². The molecular formula is C11H16BrNOS. The van der Waals surface area contributed by atoms with Crippen molar-refractivity contribution >= 4 is 33.0 Å². The van der Waals surface area contributed by atoms with Crippen molar-refractivity contribution in [3.8, 4) is 0 Å². The summed E-state index contributed by atoms with van der Waals surface area (Å²) < 4.78 is 1.13. The van der Waals surface area contributed by atoms with Crippen LogP contribution in [-0.4, -0.2) is 23.8 Å². The zero-order chi connectivity index (χ0) is 11.4. The second-order valence-corrected chi connectivity index (χ2v) is 5.81. The number of halogens is 1. The van der Waals surface area contributed by atoms with Gasteiger partial charge in [-0.3, -0.25) is 9.69 Å². The third-order valence-corrected chi connectivity index (χ3v) is 4.04. The molecule has 1 atom stereocenters. The molecule has 0 aliphatic carbocycles.